The van der Waals surface area contributed by atoms with Crippen molar-refractivity contribution in [3.05, 3.63) is 0 Å². The van der Waals surface area contributed by atoms with E-state index in [0.717, 1.165) is 0 Å². The fourth-order valence-electron chi connectivity index (χ4n) is 0.354. The molecule has 0 aliphatic heterocycles. The highest BCUT2D eigenvalue weighted by atomic mass is 31.1. The highest BCUT2D eigenvalue weighted by Gasteiger charge is 2.68. The highest BCUT2D eigenvalue weighted by molar-refractivity contribution is 7.40. The molecular weight excluding hydrogens is 301 g/mol. The SMILES string of the molecule is O=[PH](OC(F)(F)C(F)(F)F)C(F)(F)C(F)(F)F. The Balaban J connectivity index is 5.02. The van der Waals surface area contributed by atoms with Gasteiger partial charge in [-0.25, -0.2) is 0 Å². The first-order valence-electron chi connectivity index (χ1n) is 3.25. The van der Waals surface area contributed by atoms with Crippen LogP contribution in [0.5, 0.6) is 0 Å². The fourth-order valence-corrected chi connectivity index (χ4v) is 1.06. The third-order valence-electron chi connectivity index (χ3n) is 1.16. The summed E-state index contributed by atoms with van der Waals surface area (Å²) in [5.74, 6) is 0. The Kier molecular flexibility index (Phi) is 4.17. The molecule has 0 bridgehead atoms. The molecule has 0 amide bonds. The zero-order valence-electron chi connectivity index (χ0n) is 7.10. The largest absolute Gasteiger partial charge is 0.483 e. The van der Waals surface area contributed by atoms with Crippen molar-refractivity contribution in [2.45, 2.75) is 24.1 Å². The molecule has 0 fully saturated rings. The molecule has 0 saturated heterocycles. The lowest BCUT2D eigenvalue weighted by Gasteiger charge is -2.23. The molecule has 13 heteroatoms. The van der Waals surface area contributed by atoms with E-state index < -0.39 is 32.2 Å². The van der Waals surface area contributed by atoms with Gasteiger partial charge in [0.25, 0.3) is 8.03 Å². The zero-order chi connectivity index (χ0) is 14.3. The first kappa shape index (κ1) is 16.5. The molecule has 0 N–H and O–H groups in total. The Bertz CT molecular complexity index is 302. The highest BCUT2D eigenvalue weighted by Crippen LogP contribution is 2.57. The molecule has 0 aliphatic rings. The predicted octanol–water partition coefficient (Wildman–Crippen LogP) is 3.79. The molecule has 104 valence electrons. The van der Waals surface area contributed by atoms with Crippen LogP contribution in [0.1, 0.15) is 0 Å². The first-order chi connectivity index (χ1) is 7.13. The van der Waals surface area contributed by atoms with Gasteiger partial charge in [-0.1, -0.05) is 0 Å². The van der Waals surface area contributed by atoms with Crippen molar-refractivity contribution < 1.29 is 53.0 Å². The van der Waals surface area contributed by atoms with Crippen LogP contribution in [0.15, 0.2) is 0 Å². The monoisotopic (exact) mass is 302 g/mol. The molecule has 0 aromatic carbocycles. The molecule has 0 spiro atoms. The number of alkyl halides is 10. The molecule has 0 aromatic rings. The minimum absolute atomic E-state index is 2.01. The molecular formula is C4HF10O2P. The normalized spacial score (nSPS) is 17.1. The molecule has 0 rings (SSSR count). The van der Waals surface area contributed by atoms with Crippen LogP contribution in [0.4, 0.5) is 43.9 Å². The molecule has 0 radical (unpaired) electrons. The van der Waals surface area contributed by atoms with Gasteiger partial charge in [0.2, 0.25) is 0 Å². The van der Waals surface area contributed by atoms with E-state index in [1.54, 1.807) is 0 Å². The number of hydrogen-bond donors (Lipinski definition) is 0. The van der Waals surface area contributed by atoms with Gasteiger partial charge in [0.05, 0.1) is 0 Å². The maximum Gasteiger partial charge on any atom is 0.483 e. The summed E-state index contributed by atoms with van der Waals surface area (Å²) in [5.41, 5.74) is -6.29. The van der Waals surface area contributed by atoms with Gasteiger partial charge < -0.3 is 0 Å². The van der Waals surface area contributed by atoms with E-state index >= 15 is 0 Å². The van der Waals surface area contributed by atoms with Crippen molar-refractivity contribution >= 4 is 8.03 Å². The molecule has 1 atom stereocenters. The number of rotatable bonds is 3. The summed E-state index contributed by atoms with van der Waals surface area (Å²) < 4.78 is 128. The van der Waals surface area contributed by atoms with Crippen LogP contribution in [0.2, 0.25) is 0 Å². The van der Waals surface area contributed by atoms with E-state index in [4.69, 9.17) is 0 Å². The van der Waals surface area contributed by atoms with Gasteiger partial charge in [0.1, 0.15) is 0 Å². The predicted molar refractivity (Wildman–Crippen MR) is 32.1 cm³/mol. The van der Waals surface area contributed by atoms with Crippen molar-refractivity contribution in [3.8, 4) is 0 Å². The van der Waals surface area contributed by atoms with Gasteiger partial charge in [0.15, 0.2) is 0 Å². The van der Waals surface area contributed by atoms with Crippen LogP contribution in [-0.4, -0.2) is 24.1 Å². The Morgan fingerprint density at radius 1 is 0.706 bits per heavy atom. The topological polar surface area (TPSA) is 26.3 Å². The van der Waals surface area contributed by atoms with Crippen molar-refractivity contribution in [1.82, 2.24) is 0 Å². The third kappa shape index (κ3) is 3.47. The van der Waals surface area contributed by atoms with E-state index in [0.29, 0.717) is 0 Å². The smallest absolute Gasteiger partial charge is 0.289 e. The van der Waals surface area contributed by atoms with E-state index in [1.165, 1.54) is 0 Å². The average molecular weight is 302 g/mol. The van der Waals surface area contributed by atoms with E-state index in [-0.39, 0.29) is 0 Å². The molecule has 1 unspecified atom stereocenters. The summed E-state index contributed by atoms with van der Waals surface area (Å²) in [6.45, 7) is 0. The zero-order valence-corrected chi connectivity index (χ0v) is 8.10. The van der Waals surface area contributed by atoms with Crippen LogP contribution < -0.4 is 0 Å². The molecule has 0 aromatic heterocycles. The molecule has 17 heavy (non-hydrogen) atoms. The van der Waals surface area contributed by atoms with Crippen LogP contribution >= 0.6 is 8.03 Å². The van der Waals surface area contributed by atoms with Gasteiger partial charge in [-0.2, -0.15) is 43.9 Å². The van der Waals surface area contributed by atoms with E-state index in [2.05, 4.69) is 0 Å². The maximum atomic E-state index is 12.0. The van der Waals surface area contributed by atoms with Crippen LogP contribution in [-0.2, 0) is 9.09 Å². The summed E-state index contributed by atoms with van der Waals surface area (Å²) in [7, 11) is -6.04. The van der Waals surface area contributed by atoms with Gasteiger partial charge in [-0.3, -0.25) is 9.09 Å². The summed E-state index contributed by atoms with van der Waals surface area (Å²) in [6, 6.07) is 0. The lowest BCUT2D eigenvalue weighted by molar-refractivity contribution is -0.362. The van der Waals surface area contributed by atoms with Crippen molar-refractivity contribution in [3.63, 3.8) is 0 Å². The lowest BCUT2D eigenvalue weighted by Crippen LogP contribution is -2.40. The van der Waals surface area contributed by atoms with Gasteiger partial charge in [-0.15, -0.1) is 0 Å². The van der Waals surface area contributed by atoms with Gasteiger partial charge in [0, 0.05) is 0 Å². The lowest BCUT2D eigenvalue weighted by atomic mass is 10.6. The third-order valence-corrected chi connectivity index (χ3v) is 2.40. The molecule has 0 aliphatic carbocycles. The maximum absolute atomic E-state index is 12.0. The molecule has 2 nitrogen and oxygen atoms in total. The van der Waals surface area contributed by atoms with Crippen molar-refractivity contribution in [2.75, 3.05) is 0 Å². The molecule has 0 saturated carbocycles. The van der Waals surface area contributed by atoms with Gasteiger partial charge >= 0.3 is 24.1 Å². The second-order valence-electron chi connectivity index (χ2n) is 2.48. The minimum Gasteiger partial charge on any atom is -0.289 e. The quantitative estimate of drug-likeness (QED) is 0.585. The second kappa shape index (κ2) is 4.30. The number of hydrogen-bond acceptors (Lipinski definition) is 2. The molecule has 0 heterocycles. The summed E-state index contributed by atoms with van der Waals surface area (Å²) in [4.78, 5) is 0. The Morgan fingerprint density at radius 2 is 1.06 bits per heavy atom. The minimum atomic E-state index is -6.56. The van der Waals surface area contributed by atoms with Gasteiger partial charge in [-0.05, 0) is 0 Å². The summed E-state index contributed by atoms with van der Waals surface area (Å²) in [5, 5.41) is 0. The summed E-state index contributed by atoms with van der Waals surface area (Å²) >= 11 is 0. The van der Waals surface area contributed by atoms with Crippen molar-refractivity contribution in [2.24, 2.45) is 0 Å². The Hall–Kier alpha value is -0.510. The summed E-state index contributed by atoms with van der Waals surface area (Å²) in [6.07, 6.45) is -19.5. The fraction of sp³-hybridized carbons (Fsp3) is 1.00. The van der Waals surface area contributed by atoms with Crippen LogP contribution in [0, 0.1) is 0 Å². The van der Waals surface area contributed by atoms with Crippen LogP contribution in [0.3, 0.4) is 0 Å². The Labute approximate surface area is 86.4 Å². The second-order valence-corrected chi connectivity index (χ2v) is 3.88. The average Bonchev–Trinajstić information content (AvgIpc) is 1.98. The van der Waals surface area contributed by atoms with Crippen molar-refractivity contribution in [1.29, 1.82) is 0 Å². The van der Waals surface area contributed by atoms with E-state index in [9.17, 15) is 48.5 Å². The van der Waals surface area contributed by atoms with Crippen LogP contribution in [0.25, 0.3) is 0 Å². The Morgan fingerprint density at radius 3 is 1.29 bits per heavy atom. The number of halogens is 10. The standard InChI is InChI=1S/C4HF10O2P/c5-1(6,7)3(11,12)16-17(15)4(13,14)2(8,9)10/h17H. The van der Waals surface area contributed by atoms with E-state index in [1.807, 2.05) is 4.52 Å². The first-order valence-corrected chi connectivity index (χ1v) is 4.57.